The van der Waals surface area contributed by atoms with Gasteiger partial charge in [-0.3, -0.25) is 4.79 Å². The van der Waals surface area contributed by atoms with Crippen LogP contribution in [0.1, 0.15) is 33.9 Å². The molecule has 2 aliphatic rings. The van der Waals surface area contributed by atoms with E-state index in [-0.39, 0.29) is 11.9 Å². The highest BCUT2D eigenvalue weighted by Gasteiger charge is 2.49. The van der Waals surface area contributed by atoms with E-state index in [1.54, 1.807) is 18.6 Å². The van der Waals surface area contributed by atoms with Crippen LogP contribution in [-0.4, -0.2) is 51.4 Å². The summed E-state index contributed by atoms with van der Waals surface area (Å²) in [6.45, 7) is 7.15. The Labute approximate surface area is 177 Å². The molecule has 4 heterocycles. The van der Waals surface area contributed by atoms with E-state index in [1.165, 1.54) is 11.1 Å². The van der Waals surface area contributed by atoms with Crippen LogP contribution in [0.4, 0.5) is 0 Å². The number of carbonyl (C=O) groups excluding carboxylic acids is 1. The number of hydrogen-bond acceptors (Lipinski definition) is 4. The zero-order valence-electron chi connectivity index (χ0n) is 17.4. The maximum absolute atomic E-state index is 13.3. The van der Waals surface area contributed by atoms with Crippen LogP contribution in [0.3, 0.4) is 0 Å². The number of benzene rings is 1. The van der Waals surface area contributed by atoms with Gasteiger partial charge in [0.15, 0.2) is 0 Å². The predicted molar refractivity (Wildman–Crippen MR) is 114 cm³/mol. The number of aromatic nitrogens is 2. The van der Waals surface area contributed by atoms with E-state index in [2.05, 4.69) is 50.5 Å². The summed E-state index contributed by atoms with van der Waals surface area (Å²) in [5.41, 5.74) is 3.18. The van der Waals surface area contributed by atoms with Gasteiger partial charge in [-0.2, -0.15) is 0 Å². The summed E-state index contributed by atoms with van der Waals surface area (Å²) < 4.78 is 7.32. The van der Waals surface area contributed by atoms with Crippen LogP contribution >= 0.6 is 0 Å². The first kappa shape index (κ1) is 19.1. The fourth-order valence-electron chi connectivity index (χ4n) is 5.29. The second-order valence-corrected chi connectivity index (χ2v) is 8.61. The van der Waals surface area contributed by atoms with Gasteiger partial charge in [-0.1, -0.05) is 24.3 Å². The number of rotatable bonds is 6. The molecule has 2 aliphatic heterocycles. The van der Waals surface area contributed by atoms with Gasteiger partial charge in [0.2, 0.25) is 0 Å². The number of aryl methyl sites for hydroxylation is 2. The maximum Gasteiger partial charge on any atom is 0.257 e. The summed E-state index contributed by atoms with van der Waals surface area (Å²) in [7, 11) is 0. The van der Waals surface area contributed by atoms with Gasteiger partial charge < -0.3 is 18.8 Å². The lowest BCUT2D eigenvalue weighted by Crippen LogP contribution is -2.36. The summed E-state index contributed by atoms with van der Waals surface area (Å²) in [6, 6.07) is 10.4. The quantitative estimate of drug-likeness (QED) is 0.630. The van der Waals surface area contributed by atoms with Gasteiger partial charge >= 0.3 is 0 Å². The van der Waals surface area contributed by atoms with Crippen molar-refractivity contribution in [3.8, 4) is 0 Å². The fourth-order valence-corrected chi connectivity index (χ4v) is 5.29. The Hall–Kier alpha value is -2.86. The van der Waals surface area contributed by atoms with Crippen LogP contribution in [-0.2, 0) is 6.54 Å². The molecular formula is C24H28N4O2. The van der Waals surface area contributed by atoms with E-state index in [4.69, 9.17) is 4.42 Å². The highest BCUT2D eigenvalue weighted by Crippen LogP contribution is 2.46. The Kier molecular flexibility index (Phi) is 5.17. The van der Waals surface area contributed by atoms with Crippen LogP contribution in [0.5, 0.6) is 0 Å². The SMILES string of the molecule is Cc1ccccc1[C@@H]1[C@H]2CN(CCCn3ccnc3)C[C@H]2CN1C(=O)c1ccoc1. The molecule has 6 nitrogen and oxygen atoms in total. The molecule has 0 spiro atoms. The third-order valence-corrected chi connectivity index (χ3v) is 6.73. The van der Waals surface area contributed by atoms with E-state index in [0.717, 1.165) is 39.1 Å². The maximum atomic E-state index is 13.3. The zero-order valence-corrected chi connectivity index (χ0v) is 17.4. The molecule has 1 aromatic carbocycles. The number of likely N-dealkylation sites (tertiary alicyclic amines) is 2. The van der Waals surface area contributed by atoms with Crippen molar-refractivity contribution < 1.29 is 9.21 Å². The molecule has 3 aromatic rings. The number of furan rings is 1. The van der Waals surface area contributed by atoms with Crippen LogP contribution < -0.4 is 0 Å². The lowest BCUT2D eigenvalue weighted by atomic mass is 9.87. The lowest BCUT2D eigenvalue weighted by molar-refractivity contribution is 0.0699. The standard InChI is InChI=1S/C24H28N4O2/c1-18-5-2-3-6-21(18)23-22-15-27(10-4-9-26-11-8-25-17-26)13-20(22)14-28(23)24(29)19-7-12-30-16-19/h2-3,5-8,11-12,16-17,20,22-23H,4,9-10,13-15H2,1H3/t20-,22-,23+/m0/s1. The molecule has 156 valence electrons. The predicted octanol–water partition coefficient (Wildman–Crippen LogP) is 3.62. The van der Waals surface area contributed by atoms with E-state index in [1.807, 2.05) is 18.7 Å². The van der Waals surface area contributed by atoms with E-state index in [0.29, 0.717) is 17.4 Å². The first-order chi connectivity index (χ1) is 14.7. The minimum Gasteiger partial charge on any atom is -0.472 e. The Morgan fingerprint density at radius 1 is 1.17 bits per heavy atom. The molecule has 2 saturated heterocycles. The first-order valence-electron chi connectivity index (χ1n) is 10.8. The van der Waals surface area contributed by atoms with Gasteiger partial charge in [-0.05, 0) is 43.0 Å². The van der Waals surface area contributed by atoms with Gasteiger partial charge in [0.25, 0.3) is 5.91 Å². The van der Waals surface area contributed by atoms with E-state index >= 15 is 0 Å². The van der Waals surface area contributed by atoms with Crippen molar-refractivity contribution in [2.75, 3.05) is 26.2 Å². The molecule has 0 N–H and O–H groups in total. The van der Waals surface area contributed by atoms with Crippen LogP contribution in [0.25, 0.3) is 0 Å². The molecular weight excluding hydrogens is 376 g/mol. The van der Waals surface area contributed by atoms with Crippen LogP contribution in [0.2, 0.25) is 0 Å². The third-order valence-electron chi connectivity index (χ3n) is 6.73. The Morgan fingerprint density at radius 2 is 2.07 bits per heavy atom. The molecule has 2 aromatic heterocycles. The molecule has 6 heteroatoms. The molecule has 0 aliphatic carbocycles. The molecule has 0 saturated carbocycles. The largest absolute Gasteiger partial charge is 0.472 e. The summed E-state index contributed by atoms with van der Waals surface area (Å²) in [4.78, 5) is 22.1. The average molecular weight is 405 g/mol. The van der Waals surface area contributed by atoms with Gasteiger partial charge in [-0.15, -0.1) is 0 Å². The Bertz CT molecular complexity index is 983. The summed E-state index contributed by atoms with van der Waals surface area (Å²) in [5.74, 6) is 1.06. The third kappa shape index (κ3) is 3.56. The molecule has 5 rings (SSSR count). The van der Waals surface area contributed by atoms with Crippen LogP contribution in [0.15, 0.2) is 66.0 Å². The number of nitrogens with zero attached hydrogens (tertiary/aromatic N) is 4. The number of imidazole rings is 1. The molecule has 3 atom stereocenters. The van der Waals surface area contributed by atoms with Crippen molar-refractivity contribution >= 4 is 5.91 Å². The minimum atomic E-state index is 0.0815. The highest BCUT2D eigenvalue weighted by atomic mass is 16.3. The Morgan fingerprint density at radius 3 is 2.83 bits per heavy atom. The van der Waals surface area contributed by atoms with Crippen molar-refractivity contribution in [2.45, 2.75) is 25.9 Å². The molecule has 1 amide bonds. The van der Waals surface area contributed by atoms with Gasteiger partial charge in [0.1, 0.15) is 6.26 Å². The van der Waals surface area contributed by atoms with Gasteiger partial charge in [0.05, 0.1) is 24.2 Å². The van der Waals surface area contributed by atoms with Crippen molar-refractivity contribution in [1.82, 2.24) is 19.4 Å². The van der Waals surface area contributed by atoms with Crippen molar-refractivity contribution in [3.05, 3.63) is 78.3 Å². The average Bonchev–Trinajstić information content (AvgIpc) is 3.53. The second-order valence-electron chi connectivity index (χ2n) is 8.61. The lowest BCUT2D eigenvalue weighted by Gasteiger charge is -2.30. The van der Waals surface area contributed by atoms with Crippen molar-refractivity contribution in [2.24, 2.45) is 11.8 Å². The number of amides is 1. The minimum absolute atomic E-state index is 0.0815. The summed E-state index contributed by atoms with van der Waals surface area (Å²) in [5, 5.41) is 0. The van der Waals surface area contributed by atoms with Crippen molar-refractivity contribution in [1.29, 1.82) is 0 Å². The molecule has 2 fully saturated rings. The first-order valence-corrected chi connectivity index (χ1v) is 10.8. The smallest absolute Gasteiger partial charge is 0.257 e. The van der Waals surface area contributed by atoms with Crippen LogP contribution in [0, 0.1) is 18.8 Å². The number of carbonyl (C=O) groups is 1. The molecule has 0 bridgehead atoms. The number of fused-ring (bicyclic) bond motifs is 1. The topological polar surface area (TPSA) is 54.5 Å². The highest BCUT2D eigenvalue weighted by molar-refractivity contribution is 5.94. The monoisotopic (exact) mass is 404 g/mol. The summed E-state index contributed by atoms with van der Waals surface area (Å²) >= 11 is 0. The molecule has 0 radical (unpaired) electrons. The Balaban J connectivity index is 1.33. The van der Waals surface area contributed by atoms with Gasteiger partial charge in [0, 0.05) is 44.5 Å². The van der Waals surface area contributed by atoms with E-state index < -0.39 is 0 Å². The zero-order chi connectivity index (χ0) is 20.5. The fraction of sp³-hybridized carbons (Fsp3) is 0.417. The normalized spacial score (nSPS) is 23.8. The number of hydrogen-bond donors (Lipinski definition) is 0. The van der Waals surface area contributed by atoms with Gasteiger partial charge in [-0.25, -0.2) is 4.98 Å². The van der Waals surface area contributed by atoms with Crippen molar-refractivity contribution in [3.63, 3.8) is 0 Å². The summed E-state index contributed by atoms with van der Waals surface area (Å²) in [6.07, 6.45) is 9.99. The second kappa shape index (κ2) is 8.11. The molecule has 0 unspecified atom stereocenters. The molecule has 30 heavy (non-hydrogen) atoms. The van der Waals surface area contributed by atoms with E-state index in [9.17, 15) is 4.79 Å².